The number of rotatable bonds is 1. The van der Waals surface area contributed by atoms with E-state index in [0.29, 0.717) is 20.1 Å². The van der Waals surface area contributed by atoms with Crippen molar-refractivity contribution >= 4 is 58.2 Å². The fourth-order valence-corrected chi connectivity index (χ4v) is 2.69. The summed E-state index contributed by atoms with van der Waals surface area (Å²) in [6.45, 7) is 0. The van der Waals surface area contributed by atoms with Crippen molar-refractivity contribution in [1.29, 1.82) is 0 Å². The van der Waals surface area contributed by atoms with Crippen molar-refractivity contribution in [3.63, 3.8) is 0 Å². The summed E-state index contributed by atoms with van der Waals surface area (Å²) in [5.74, 6) is 0. The third-order valence-electron chi connectivity index (χ3n) is 1.28. The third kappa shape index (κ3) is 1.97. The molecule has 0 saturated carbocycles. The van der Waals surface area contributed by atoms with Crippen LogP contribution >= 0.6 is 58.2 Å². The van der Waals surface area contributed by atoms with E-state index in [4.69, 9.17) is 46.4 Å². The Labute approximate surface area is 95.1 Å². The Morgan fingerprint density at radius 2 is 1.42 bits per heavy atom. The lowest BCUT2D eigenvalue weighted by Crippen LogP contribution is -1.79. The highest BCUT2D eigenvalue weighted by molar-refractivity contribution is 7.98. The molecule has 1 aromatic carbocycles. The molecule has 0 N–H and O–H groups in total. The zero-order chi connectivity index (χ0) is 9.30. The summed E-state index contributed by atoms with van der Waals surface area (Å²) >= 11 is 24.7. The average molecular weight is 262 g/mol. The van der Waals surface area contributed by atoms with Crippen LogP contribution in [0.15, 0.2) is 11.0 Å². The Balaban J connectivity index is 3.42. The van der Waals surface area contributed by atoms with Gasteiger partial charge in [-0.2, -0.15) is 0 Å². The molecule has 0 unspecified atom stereocenters. The minimum absolute atomic E-state index is 0.426. The van der Waals surface area contributed by atoms with Gasteiger partial charge in [0.2, 0.25) is 0 Å². The zero-order valence-corrected chi connectivity index (χ0v) is 9.84. The largest absolute Gasteiger partial charge is 0.126 e. The van der Waals surface area contributed by atoms with Gasteiger partial charge < -0.3 is 0 Å². The van der Waals surface area contributed by atoms with E-state index >= 15 is 0 Å². The molecule has 0 aliphatic heterocycles. The molecule has 0 bridgehead atoms. The van der Waals surface area contributed by atoms with Crippen LogP contribution in [-0.2, 0) is 0 Å². The SMILES string of the molecule is CSc1c(Cl)c(Cl)cc(Cl)c1Cl. The molecule has 0 atom stereocenters. The van der Waals surface area contributed by atoms with E-state index in [1.54, 1.807) is 0 Å². The van der Waals surface area contributed by atoms with Crippen molar-refractivity contribution in [2.24, 2.45) is 0 Å². The lowest BCUT2D eigenvalue weighted by Gasteiger charge is -2.06. The molecule has 0 amide bonds. The van der Waals surface area contributed by atoms with Gasteiger partial charge in [0.25, 0.3) is 0 Å². The monoisotopic (exact) mass is 260 g/mol. The van der Waals surface area contributed by atoms with E-state index in [2.05, 4.69) is 0 Å². The summed E-state index contributed by atoms with van der Waals surface area (Å²) in [5, 5.41) is 1.77. The van der Waals surface area contributed by atoms with Crippen LogP contribution in [0.1, 0.15) is 0 Å². The number of hydrogen-bond acceptors (Lipinski definition) is 1. The first-order chi connectivity index (χ1) is 5.57. The summed E-state index contributed by atoms with van der Waals surface area (Å²) in [5.41, 5.74) is 0. The van der Waals surface area contributed by atoms with Gasteiger partial charge in [0.1, 0.15) is 0 Å². The molecule has 0 heterocycles. The molecule has 0 aliphatic rings. The number of hydrogen-bond donors (Lipinski definition) is 0. The third-order valence-corrected chi connectivity index (χ3v) is 3.89. The molecule has 0 aliphatic carbocycles. The fourth-order valence-electron chi connectivity index (χ4n) is 0.730. The van der Waals surface area contributed by atoms with Gasteiger partial charge in [-0.1, -0.05) is 46.4 Å². The van der Waals surface area contributed by atoms with Crippen LogP contribution in [0.2, 0.25) is 20.1 Å². The van der Waals surface area contributed by atoms with Gasteiger partial charge in [0, 0.05) is 4.90 Å². The Morgan fingerprint density at radius 3 is 1.75 bits per heavy atom. The smallest absolute Gasteiger partial charge is 0.0744 e. The molecule has 0 fully saturated rings. The maximum atomic E-state index is 5.87. The Kier molecular flexibility index (Phi) is 3.87. The molecule has 0 spiro atoms. The van der Waals surface area contributed by atoms with Gasteiger partial charge in [-0.15, -0.1) is 11.8 Å². The van der Waals surface area contributed by atoms with Crippen molar-refractivity contribution in [2.75, 3.05) is 6.26 Å². The van der Waals surface area contributed by atoms with Crippen LogP contribution in [-0.4, -0.2) is 6.26 Å². The van der Waals surface area contributed by atoms with Crippen molar-refractivity contribution < 1.29 is 0 Å². The molecule has 5 heteroatoms. The first-order valence-corrected chi connectivity index (χ1v) is 5.68. The van der Waals surface area contributed by atoms with E-state index in [1.807, 2.05) is 6.26 Å². The second kappa shape index (κ2) is 4.30. The predicted molar refractivity (Wildman–Crippen MR) is 58.3 cm³/mol. The number of halogens is 4. The molecule has 66 valence electrons. The molecule has 0 nitrogen and oxygen atoms in total. The highest BCUT2D eigenvalue weighted by Gasteiger charge is 2.12. The standard InChI is InChI=1S/C7H4Cl4S/c1-12-7-5(10)3(8)2-4(9)6(7)11/h2H,1H3. The average Bonchev–Trinajstić information content (AvgIpc) is 2.02. The van der Waals surface area contributed by atoms with Crippen LogP contribution in [0.5, 0.6) is 0 Å². The van der Waals surface area contributed by atoms with E-state index in [-0.39, 0.29) is 0 Å². The molecule has 0 radical (unpaired) electrons. The molecule has 1 rings (SSSR count). The van der Waals surface area contributed by atoms with Gasteiger partial charge in [-0.25, -0.2) is 0 Å². The van der Waals surface area contributed by atoms with E-state index in [9.17, 15) is 0 Å². The lowest BCUT2D eigenvalue weighted by atomic mass is 10.3. The summed E-state index contributed by atoms with van der Waals surface area (Å²) in [6, 6.07) is 1.54. The summed E-state index contributed by atoms with van der Waals surface area (Å²) < 4.78 is 0. The van der Waals surface area contributed by atoms with Crippen molar-refractivity contribution in [3.05, 3.63) is 26.2 Å². The van der Waals surface area contributed by atoms with Gasteiger partial charge in [0.05, 0.1) is 20.1 Å². The Bertz CT molecular complexity index is 285. The molecule has 0 saturated heterocycles. The van der Waals surface area contributed by atoms with Crippen LogP contribution in [0.3, 0.4) is 0 Å². The normalized spacial score (nSPS) is 10.4. The van der Waals surface area contributed by atoms with E-state index in [0.717, 1.165) is 4.90 Å². The highest BCUT2D eigenvalue weighted by Crippen LogP contribution is 2.41. The van der Waals surface area contributed by atoms with Crippen LogP contribution < -0.4 is 0 Å². The molecular formula is C7H4Cl4S. The van der Waals surface area contributed by atoms with Crippen molar-refractivity contribution in [3.8, 4) is 0 Å². The number of thioether (sulfide) groups is 1. The van der Waals surface area contributed by atoms with Crippen LogP contribution in [0.4, 0.5) is 0 Å². The van der Waals surface area contributed by atoms with E-state index in [1.165, 1.54) is 17.8 Å². The molecule has 1 aromatic rings. The highest BCUT2D eigenvalue weighted by atomic mass is 35.5. The zero-order valence-electron chi connectivity index (χ0n) is 6.00. The lowest BCUT2D eigenvalue weighted by molar-refractivity contribution is 1.46. The summed E-state index contributed by atoms with van der Waals surface area (Å²) in [4.78, 5) is 0.718. The fraction of sp³-hybridized carbons (Fsp3) is 0.143. The summed E-state index contributed by atoms with van der Waals surface area (Å²) in [7, 11) is 0. The van der Waals surface area contributed by atoms with Gasteiger partial charge in [0.15, 0.2) is 0 Å². The predicted octanol–water partition coefficient (Wildman–Crippen LogP) is 5.02. The topological polar surface area (TPSA) is 0 Å². The summed E-state index contributed by atoms with van der Waals surface area (Å²) in [6.07, 6.45) is 1.86. The van der Waals surface area contributed by atoms with Crippen LogP contribution in [0, 0.1) is 0 Å². The van der Waals surface area contributed by atoms with Gasteiger partial charge in [-0.3, -0.25) is 0 Å². The second-order valence-electron chi connectivity index (χ2n) is 2.00. The van der Waals surface area contributed by atoms with E-state index < -0.39 is 0 Å². The first kappa shape index (κ1) is 10.8. The maximum absolute atomic E-state index is 5.87. The second-order valence-corrected chi connectivity index (χ2v) is 4.39. The number of benzene rings is 1. The van der Waals surface area contributed by atoms with Gasteiger partial charge in [-0.05, 0) is 12.3 Å². The van der Waals surface area contributed by atoms with Crippen LogP contribution in [0.25, 0.3) is 0 Å². The quantitative estimate of drug-likeness (QED) is 0.505. The van der Waals surface area contributed by atoms with Gasteiger partial charge >= 0.3 is 0 Å². The minimum Gasteiger partial charge on any atom is -0.126 e. The first-order valence-electron chi connectivity index (χ1n) is 2.95. The molecule has 0 aromatic heterocycles. The van der Waals surface area contributed by atoms with Crippen molar-refractivity contribution in [2.45, 2.75) is 4.90 Å². The minimum atomic E-state index is 0.426. The maximum Gasteiger partial charge on any atom is 0.0744 e. The van der Waals surface area contributed by atoms with Crippen molar-refractivity contribution in [1.82, 2.24) is 0 Å². The molecular weight excluding hydrogens is 258 g/mol. The Hall–Kier alpha value is 0.730. The Morgan fingerprint density at radius 1 is 1.00 bits per heavy atom. The molecule has 12 heavy (non-hydrogen) atoms.